The molecule has 178 valence electrons. The average Bonchev–Trinajstić information content (AvgIpc) is 3.38. The summed E-state index contributed by atoms with van der Waals surface area (Å²) in [4.78, 5) is 13.2. The number of rotatable bonds is 7. The van der Waals surface area contributed by atoms with Crippen molar-refractivity contribution in [1.29, 1.82) is 0 Å². The molecule has 3 aromatic heterocycles. The Bertz CT molecular complexity index is 1360. The van der Waals surface area contributed by atoms with E-state index in [1.807, 2.05) is 69.1 Å². The Kier molecular flexibility index (Phi) is 6.28. The molecular formula is C25H30N6O3. The molecule has 0 aliphatic heterocycles. The Balaban J connectivity index is 1.52. The summed E-state index contributed by atoms with van der Waals surface area (Å²) in [5.74, 6) is 0.936. The van der Waals surface area contributed by atoms with Crippen molar-refractivity contribution in [1.82, 2.24) is 24.7 Å². The fraction of sp³-hybridized carbons (Fsp3) is 0.360. The lowest BCUT2D eigenvalue weighted by molar-refractivity contribution is 0.101. The lowest BCUT2D eigenvalue weighted by atomic mass is 10.1. The summed E-state index contributed by atoms with van der Waals surface area (Å²) in [5.41, 5.74) is 7.18. The van der Waals surface area contributed by atoms with E-state index in [9.17, 15) is 4.79 Å². The van der Waals surface area contributed by atoms with Crippen LogP contribution in [0, 0.1) is 48.5 Å². The highest BCUT2D eigenvalue weighted by Crippen LogP contribution is 2.24. The van der Waals surface area contributed by atoms with Gasteiger partial charge in [-0.2, -0.15) is 10.2 Å². The van der Waals surface area contributed by atoms with Gasteiger partial charge in [-0.05, 0) is 66.2 Å². The number of ether oxygens (including phenoxy) is 1. The van der Waals surface area contributed by atoms with Crippen molar-refractivity contribution in [3.8, 4) is 5.75 Å². The van der Waals surface area contributed by atoms with Crippen LogP contribution in [0.25, 0.3) is 0 Å². The third-order valence-electron chi connectivity index (χ3n) is 5.89. The molecule has 1 aromatic carbocycles. The van der Waals surface area contributed by atoms with E-state index in [4.69, 9.17) is 9.26 Å². The molecule has 0 fully saturated rings. The summed E-state index contributed by atoms with van der Waals surface area (Å²) in [6, 6.07) is 7.99. The minimum atomic E-state index is -0.368. The van der Waals surface area contributed by atoms with Crippen molar-refractivity contribution in [3.63, 3.8) is 0 Å². The molecule has 1 amide bonds. The van der Waals surface area contributed by atoms with Crippen molar-refractivity contribution in [2.45, 2.75) is 61.7 Å². The van der Waals surface area contributed by atoms with E-state index >= 15 is 0 Å². The van der Waals surface area contributed by atoms with Crippen molar-refractivity contribution >= 4 is 11.6 Å². The van der Waals surface area contributed by atoms with E-state index in [0.29, 0.717) is 29.4 Å². The van der Waals surface area contributed by atoms with Gasteiger partial charge in [0.15, 0.2) is 5.69 Å². The van der Waals surface area contributed by atoms with Crippen LogP contribution in [0.15, 0.2) is 28.8 Å². The number of carbonyl (C=O) groups excluding carboxylic acids is 1. The quantitative estimate of drug-likeness (QED) is 0.432. The summed E-state index contributed by atoms with van der Waals surface area (Å²) < 4.78 is 15.0. The first-order chi connectivity index (χ1) is 16.1. The van der Waals surface area contributed by atoms with Crippen LogP contribution in [0.3, 0.4) is 0 Å². The van der Waals surface area contributed by atoms with Gasteiger partial charge >= 0.3 is 0 Å². The lowest BCUT2D eigenvalue weighted by Gasteiger charge is -2.10. The van der Waals surface area contributed by atoms with E-state index < -0.39 is 0 Å². The Morgan fingerprint density at radius 3 is 2.47 bits per heavy atom. The number of aryl methyl sites for hydroxylation is 6. The lowest BCUT2D eigenvalue weighted by Crippen LogP contribution is -2.17. The van der Waals surface area contributed by atoms with Gasteiger partial charge in [0.05, 0.1) is 28.3 Å². The Morgan fingerprint density at radius 1 is 1.03 bits per heavy atom. The van der Waals surface area contributed by atoms with Crippen LogP contribution >= 0.6 is 0 Å². The Morgan fingerprint density at radius 2 is 1.79 bits per heavy atom. The predicted molar refractivity (Wildman–Crippen MR) is 128 cm³/mol. The Labute approximate surface area is 198 Å². The molecule has 0 bridgehead atoms. The van der Waals surface area contributed by atoms with E-state index in [-0.39, 0.29) is 18.2 Å². The molecule has 0 saturated carbocycles. The summed E-state index contributed by atoms with van der Waals surface area (Å²) in [5, 5.41) is 16.1. The molecule has 0 atom stereocenters. The molecule has 9 heteroatoms. The average molecular weight is 463 g/mol. The van der Waals surface area contributed by atoms with Gasteiger partial charge in [0.2, 0.25) is 0 Å². The molecule has 0 saturated heterocycles. The number of nitrogens with one attached hydrogen (secondary N) is 1. The van der Waals surface area contributed by atoms with Gasteiger partial charge in [0.1, 0.15) is 24.8 Å². The monoisotopic (exact) mass is 462 g/mol. The van der Waals surface area contributed by atoms with Crippen molar-refractivity contribution in [2.24, 2.45) is 0 Å². The minimum absolute atomic E-state index is 0.178. The summed E-state index contributed by atoms with van der Waals surface area (Å²) in [6.07, 6.45) is 0. The fourth-order valence-electron chi connectivity index (χ4n) is 3.98. The second kappa shape index (κ2) is 9.17. The molecular weight excluding hydrogens is 432 g/mol. The maximum Gasteiger partial charge on any atom is 0.278 e. The van der Waals surface area contributed by atoms with Crippen LogP contribution in [-0.2, 0) is 13.3 Å². The SMILES string of the molecule is Cc1ccc(OCc2c(C(=O)Nc3c(C)nn(Cn4nc(C)cc4C)c3C)noc2C)c(C)c1. The standard InChI is InChI=1S/C25H30N6O3/c1-14-8-9-22(15(2)10-14)33-12-21-20(7)34-29-24(21)25(32)26-23-18(5)28-31(19(23)6)13-30-17(4)11-16(3)27-30/h8-11H,12-13H2,1-7H3,(H,26,32). The number of aromatic nitrogens is 5. The zero-order valence-corrected chi connectivity index (χ0v) is 20.7. The first-order valence-electron chi connectivity index (χ1n) is 11.2. The molecule has 0 spiro atoms. The fourth-order valence-corrected chi connectivity index (χ4v) is 3.98. The van der Waals surface area contributed by atoms with Gasteiger partial charge in [-0.25, -0.2) is 9.36 Å². The largest absolute Gasteiger partial charge is 0.488 e. The second-order valence-electron chi connectivity index (χ2n) is 8.69. The molecule has 0 radical (unpaired) electrons. The number of benzene rings is 1. The highest BCUT2D eigenvalue weighted by molar-refractivity contribution is 6.04. The van der Waals surface area contributed by atoms with Gasteiger partial charge in [-0.15, -0.1) is 0 Å². The van der Waals surface area contributed by atoms with Crippen molar-refractivity contribution in [2.75, 3.05) is 5.32 Å². The zero-order valence-electron chi connectivity index (χ0n) is 20.7. The highest BCUT2D eigenvalue weighted by atomic mass is 16.5. The maximum absolute atomic E-state index is 13.2. The smallest absolute Gasteiger partial charge is 0.278 e. The third kappa shape index (κ3) is 4.59. The van der Waals surface area contributed by atoms with E-state index in [2.05, 4.69) is 26.7 Å². The van der Waals surface area contributed by atoms with E-state index in [1.54, 1.807) is 6.92 Å². The molecule has 1 N–H and O–H groups in total. The number of nitrogens with zero attached hydrogens (tertiary/aromatic N) is 5. The predicted octanol–water partition coefficient (Wildman–Crippen LogP) is 4.56. The van der Waals surface area contributed by atoms with Crippen LogP contribution in [0.1, 0.15) is 55.7 Å². The number of hydrogen-bond acceptors (Lipinski definition) is 6. The topological polar surface area (TPSA) is 100 Å². The molecule has 4 rings (SSSR count). The third-order valence-corrected chi connectivity index (χ3v) is 5.89. The summed E-state index contributed by atoms with van der Waals surface area (Å²) in [7, 11) is 0. The van der Waals surface area contributed by atoms with Crippen LogP contribution < -0.4 is 10.1 Å². The minimum Gasteiger partial charge on any atom is -0.488 e. The highest BCUT2D eigenvalue weighted by Gasteiger charge is 2.23. The van der Waals surface area contributed by atoms with Crippen LogP contribution in [0.4, 0.5) is 5.69 Å². The molecule has 34 heavy (non-hydrogen) atoms. The van der Waals surface area contributed by atoms with E-state index in [0.717, 1.165) is 34.0 Å². The van der Waals surface area contributed by atoms with Crippen molar-refractivity contribution in [3.05, 3.63) is 75.2 Å². The molecule has 3 heterocycles. The number of hydrogen-bond donors (Lipinski definition) is 1. The van der Waals surface area contributed by atoms with Crippen LogP contribution in [0.5, 0.6) is 5.75 Å². The van der Waals surface area contributed by atoms with Gasteiger partial charge < -0.3 is 14.6 Å². The number of carbonyl (C=O) groups is 1. The zero-order chi connectivity index (χ0) is 24.6. The summed E-state index contributed by atoms with van der Waals surface area (Å²) in [6.45, 7) is 14.2. The Hall–Kier alpha value is -3.88. The maximum atomic E-state index is 13.2. The van der Waals surface area contributed by atoms with Gasteiger partial charge in [0.25, 0.3) is 5.91 Å². The molecule has 4 aromatic rings. The van der Waals surface area contributed by atoms with Crippen molar-refractivity contribution < 1.29 is 14.1 Å². The second-order valence-corrected chi connectivity index (χ2v) is 8.69. The van der Waals surface area contributed by atoms with Gasteiger partial charge in [0, 0.05) is 5.69 Å². The number of amides is 1. The van der Waals surface area contributed by atoms with Gasteiger partial charge in [-0.1, -0.05) is 22.9 Å². The molecule has 0 aliphatic carbocycles. The first-order valence-corrected chi connectivity index (χ1v) is 11.2. The molecule has 0 aliphatic rings. The summed E-state index contributed by atoms with van der Waals surface area (Å²) >= 11 is 0. The molecule has 0 unspecified atom stereocenters. The normalized spacial score (nSPS) is 11.1. The van der Waals surface area contributed by atoms with Gasteiger partial charge in [-0.3, -0.25) is 4.79 Å². The van der Waals surface area contributed by atoms with E-state index in [1.165, 1.54) is 0 Å². The molecule has 9 nitrogen and oxygen atoms in total. The van der Waals surface area contributed by atoms with Crippen LogP contribution in [0.2, 0.25) is 0 Å². The van der Waals surface area contributed by atoms with Crippen LogP contribution in [-0.4, -0.2) is 30.6 Å². The number of anilines is 1. The first kappa shape index (κ1) is 23.3.